The lowest BCUT2D eigenvalue weighted by Gasteiger charge is -2.43. The zero-order valence-electron chi connectivity index (χ0n) is 14.8. The fraction of sp³-hybridized carbons (Fsp3) is 0.588. The second-order valence-electron chi connectivity index (χ2n) is 7.14. The van der Waals surface area contributed by atoms with E-state index >= 15 is 0 Å². The van der Waals surface area contributed by atoms with E-state index in [-0.39, 0.29) is 42.8 Å². The van der Waals surface area contributed by atoms with E-state index in [0.717, 1.165) is 12.3 Å². The van der Waals surface area contributed by atoms with Crippen LogP contribution in [0.4, 0.5) is 4.39 Å². The number of aliphatic hydroxyl groups excluding tert-OH is 1. The molecule has 3 rings (SSSR count). The van der Waals surface area contributed by atoms with E-state index in [1.165, 1.54) is 23.5 Å². The molecule has 2 fully saturated rings. The normalized spacial score (nSPS) is 26.6. The Labute approximate surface area is 152 Å². The average molecular weight is 386 g/mol. The minimum atomic E-state index is -3.36. The van der Waals surface area contributed by atoms with Gasteiger partial charge in [-0.1, -0.05) is 0 Å². The van der Waals surface area contributed by atoms with Crippen LogP contribution in [0, 0.1) is 17.2 Å². The summed E-state index contributed by atoms with van der Waals surface area (Å²) < 4.78 is 43.9. The molecule has 0 aromatic heterocycles. The summed E-state index contributed by atoms with van der Waals surface area (Å²) >= 11 is 0. The van der Waals surface area contributed by atoms with Gasteiger partial charge in [-0.15, -0.1) is 0 Å². The fourth-order valence-corrected chi connectivity index (χ4v) is 4.91. The van der Waals surface area contributed by atoms with Crippen LogP contribution < -0.4 is 4.74 Å². The number of methoxy groups -OCH3 is 1. The highest BCUT2D eigenvalue weighted by Gasteiger charge is 2.52. The number of halogens is 1. The number of aliphatic hydroxyl groups is 1. The summed E-state index contributed by atoms with van der Waals surface area (Å²) in [5.41, 5.74) is -0.477. The van der Waals surface area contributed by atoms with Crippen molar-refractivity contribution in [3.63, 3.8) is 0 Å². The molecule has 7 nitrogen and oxygen atoms in total. The maximum atomic E-state index is 13.9. The molecule has 2 aliphatic heterocycles. The number of benzene rings is 1. The van der Waals surface area contributed by atoms with Gasteiger partial charge < -0.3 is 14.7 Å². The molecular weight excluding hydrogens is 363 g/mol. The number of fused-ring (bicyclic) bond motifs is 1. The highest BCUT2D eigenvalue weighted by molar-refractivity contribution is 7.88. The number of sulfonamides is 1. The second kappa shape index (κ2) is 6.79. The third-order valence-corrected chi connectivity index (χ3v) is 6.72. The lowest BCUT2D eigenvalue weighted by atomic mass is 9.74. The van der Waals surface area contributed by atoms with Crippen LogP contribution in [0.2, 0.25) is 0 Å². The zero-order valence-corrected chi connectivity index (χ0v) is 15.6. The van der Waals surface area contributed by atoms with Gasteiger partial charge >= 0.3 is 0 Å². The molecule has 2 saturated heterocycles. The van der Waals surface area contributed by atoms with E-state index in [1.54, 1.807) is 4.90 Å². The van der Waals surface area contributed by atoms with Gasteiger partial charge in [-0.3, -0.25) is 4.79 Å². The van der Waals surface area contributed by atoms with Crippen molar-refractivity contribution < 1.29 is 27.4 Å². The van der Waals surface area contributed by atoms with Crippen molar-refractivity contribution in [1.29, 1.82) is 0 Å². The minimum absolute atomic E-state index is 0.00104. The maximum Gasteiger partial charge on any atom is 0.253 e. The van der Waals surface area contributed by atoms with Crippen molar-refractivity contribution >= 4 is 15.9 Å². The van der Waals surface area contributed by atoms with Crippen molar-refractivity contribution in [2.24, 2.45) is 11.3 Å². The Balaban J connectivity index is 1.81. The highest BCUT2D eigenvalue weighted by atomic mass is 32.2. The van der Waals surface area contributed by atoms with Gasteiger partial charge in [0.1, 0.15) is 0 Å². The molecule has 2 heterocycles. The number of hydrogen-bond donors (Lipinski definition) is 1. The van der Waals surface area contributed by atoms with Crippen LogP contribution in [0.5, 0.6) is 5.75 Å². The maximum absolute atomic E-state index is 13.9. The summed E-state index contributed by atoms with van der Waals surface area (Å²) in [5, 5.41) is 9.98. The van der Waals surface area contributed by atoms with Gasteiger partial charge in [0.2, 0.25) is 10.0 Å². The van der Waals surface area contributed by atoms with Gasteiger partial charge in [-0.2, -0.15) is 0 Å². The molecule has 1 N–H and O–H groups in total. The summed E-state index contributed by atoms with van der Waals surface area (Å²) in [7, 11) is -2.01. The molecule has 9 heteroatoms. The zero-order chi connectivity index (χ0) is 19.1. The van der Waals surface area contributed by atoms with Crippen LogP contribution in [0.15, 0.2) is 18.2 Å². The molecule has 26 heavy (non-hydrogen) atoms. The van der Waals surface area contributed by atoms with Gasteiger partial charge in [0.15, 0.2) is 11.6 Å². The Morgan fingerprint density at radius 2 is 2.15 bits per heavy atom. The molecule has 0 aliphatic carbocycles. The van der Waals surface area contributed by atoms with Crippen LogP contribution in [0.25, 0.3) is 0 Å². The van der Waals surface area contributed by atoms with E-state index in [9.17, 15) is 22.7 Å². The third kappa shape index (κ3) is 3.30. The van der Waals surface area contributed by atoms with E-state index < -0.39 is 21.3 Å². The molecule has 0 unspecified atom stereocenters. The molecule has 1 aromatic carbocycles. The van der Waals surface area contributed by atoms with Crippen molar-refractivity contribution in [1.82, 2.24) is 9.21 Å². The first-order valence-corrected chi connectivity index (χ1v) is 10.2. The Bertz CT molecular complexity index is 815. The first kappa shape index (κ1) is 19.1. The molecule has 0 radical (unpaired) electrons. The van der Waals surface area contributed by atoms with E-state index in [4.69, 9.17) is 4.74 Å². The predicted molar refractivity (Wildman–Crippen MR) is 92.9 cm³/mol. The Morgan fingerprint density at radius 1 is 1.42 bits per heavy atom. The average Bonchev–Trinajstić information content (AvgIpc) is 3.00. The van der Waals surface area contributed by atoms with Crippen molar-refractivity contribution in [2.75, 3.05) is 46.2 Å². The number of carbonyl (C=O) groups is 1. The van der Waals surface area contributed by atoms with Gasteiger partial charge in [-0.05, 0) is 30.5 Å². The number of ether oxygens (including phenoxy) is 1. The summed E-state index contributed by atoms with van der Waals surface area (Å²) in [5.74, 6) is -0.893. The van der Waals surface area contributed by atoms with E-state index in [2.05, 4.69) is 0 Å². The smallest absolute Gasteiger partial charge is 0.253 e. The minimum Gasteiger partial charge on any atom is -0.494 e. The lowest BCUT2D eigenvalue weighted by molar-refractivity contribution is 0.0129. The van der Waals surface area contributed by atoms with Crippen LogP contribution >= 0.6 is 0 Å². The van der Waals surface area contributed by atoms with Gasteiger partial charge in [0.05, 0.1) is 20.0 Å². The summed E-state index contributed by atoms with van der Waals surface area (Å²) in [6, 6.07) is 4.04. The van der Waals surface area contributed by atoms with Crippen LogP contribution in [0.1, 0.15) is 16.8 Å². The number of likely N-dealkylation sites (tertiary alicyclic amines) is 1. The molecule has 0 saturated carbocycles. The van der Waals surface area contributed by atoms with Crippen molar-refractivity contribution in [2.45, 2.75) is 6.42 Å². The quantitative estimate of drug-likeness (QED) is 0.817. The molecule has 0 bridgehead atoms. The Hall–Kier alpha value is -1.71. The van der Waals surface area contributed by atoms with E-state index in [0.29, 0.717) is 19.5 Å². The fourth-order valence-electron chi connectivity index (χ4n) is 3.97. The van der Waals surface area contributed by atoms with Crippen molar-refractivity contribution in [3.05, 3.63) is 29.6 Å². The standard InChI is InChI=1S/C17H23FN2O5S/c1-25-15-4-3-12(7-14(15)18)16(22)19-6-5-13-8-20(26(2,23)24)10-17(13,9-19)11-21/h3-4,7,13,21H,5-6,8-11H2,1-2H3/t13-,17+/m1/s1. The molecule has 144 valence electrons. The van der Waals surface area contributed by atoms with E-state index in [1.807, 2.05) is 0 Å². The molecule has 0 spiro atoms. The number of nitrogens with zero attached hydrogens (tertiary/aromatic N) is 2. The predicted octanol–water partition coefficient (Wildman–Crippen LogP) is 0.550. The first-order chi connectivity index (χ1) is 12.2. The van der Waals surface area contributed by atoms with Crippen LogP contribution in [-0.2, 0) is 10.0 Å². The first-order valence-electron chi connectivity index (χ1n) is 8.39. The SMILES string of the molecule is COc1ccc(C(=O)N2CC[C@@H]3CN(S(C)(=O)=O)C[C@]3(CO)C2)cc1F. The van der Waals surface area contributed by atoms with Crippen LogP contribution in [-0.4, -0.2) is 74.8 Å². The summed E-state index contributed by atoms with van der Waals surface area (Å²) in [4.78, 5) is 14.4. The van der Waals surface area contributed by atoms with Crippen LogP contribution in [0.3, 0.4) is 0 Å². The van der Waals surface area contributed by atoms with Gasteiger partial charge in [-0.25, -0.2) is 17.1 Å². The number of carbonyl (C=O) groups excluding carboxylic acids is 1. The molecular formula is C17H23FN2O5S. The number of rotatable bonds is 4. The lowest BCUT2D eigenvalue weighted by Crippen LogP contribution is -2.52. The van der Waals surface area contributed by atoms with Gasteiger partial charge in [0.25, 0.3) is 5.91 Å². The summed E-state index contributed by atoms with van der Waals surface area (Å²) in [6.45, 7) is 1.03. The van der Waals surface area contributed by atoms with Gasteiger partial charge in [0, 0.05) is 37.2 Å². The number of piperidine rings is 1. The molecule has 1 amide bonds. The topological polar surface area (TPSA) is 87.2 Å². The number of hydrogen-bond acceptors (Lipinski definition) is 5. The highest BCUT2D eigenvalue weighted by Crippen LogP contribution is 2.43. The number of amides is 1. The summed E-state index contributed by atoms with van der Waals surface area (Å²) in [6.07, 6.45) is 1.75. The molecule has 1 aromatic rings. The Morgan fingerprint density at radius 3 is 2.73 bits per heavy atom. The monoisotopic (exact) mass is 386 g/mol. The third-order valence-electron chi connectivity index (χ3n) is 5.50. The molecule has 2 atom stereocenters. The second-order valence-corrected chi connectivity index (χ2v) is 9.12. The largest absolute Gasteiger partial charge is 0.494 e. The molecule has 2 aliphatic rings. The van der Waals surface area contributed by atoms with Crippen molar-refractivity contribution in [3.8, 4) is 5.75 Å². The Kier molecular flexibility index (Phi) is 4.98.